The highest BCUT2D eigenvalue weighted by Crippen LogP contribution is 2.21. The number of rotatable bonds is 6. The molecule has 2 amide bonds. The molecule has 1 aliphatic rings. The minimum atomic E-state index is -0.684. The average molecular weight is 421 g/mol. The van der Waals surface area contributed by atoms with Gasteiger partial charge in [-0.2, -0.15) is 0 Å². The number of fused-ring (bicyclic) bond motifs is 1. The number of aromatic amines is 1. The zero-order valence-corrected chi connectivity index (χ0v) is 17.1. The van der Waals surface area contributed by atoms with Crippen LogP contribution >= 0.6 is 0 Å². The van der Waals surface area contributed by atoms with Crippen molar-refractivity contribution in [3.63, 3.8) is 0 Å². The molecule has 160 valence electrons. The van der Waals surface area contributed by atoms with Crippen LogP contribution < -0.4 is 5.73 Å². The molecule has 4 rings (SSSR count). The smallest absolute Gasteiger partial charge is 0.248 e. The quantitative estimate of drug-likeness (QED) is 0.564. The van der Waals surface area contributed by atoms with Crippen molar-refractivity contribution < 1.29 is 14.3 Å². The monoisotopic (exact) mass is 421 g/mol. The van der Waals surface area contributed by atoms with E-state index in [1.54, 1.807) is 22.1 Å². The number of imidazole rings is 1. The van der Waals surface area contributed by atoms with Gasteiger partial charge in [0.1, 0.15) is 18.2 Å². The van der Waals surface area contributed by atoms with Crippen LogP contribution in [0.2, 0.25) is 0 Å². The largest absolute Gasteiger partial charge is 0.383 e. The van der Waals surface area contributed by atoms with Crippen molar-refractivity contribution in [1.82, 2.24) is 29.7 Å². The molecule has 1 saturated heterocycles. The summed E-state index contributed by atoms with van der Waals surface area (Å²) in [5.74, 6) is 0.0179. The summed E-state index contributed by atoms with van der Waals surface area (Å²) in [6.45, 7) is 1.37. The number of ether oxygens (including phenoxy) is 1. The van der Waals surface area contributed by atoms with E-state index >= 15 is 0 Å². The zero-order chi connectivity index (χ0) is 21.8. The van der Waals surface area contributed by atoms with Gasteiger partial charge in [-0.15, -0.1) is 0 Å². The number of nitrogen functional groups attached to an aromatic ring is 1. The standard InChI is InChI=1S/C21H23N7O3/c1-31-11-18-21(30)27(6-7-28(18)19(29)5-3-15-9-23-12-24-15)10-14-2-4-16-17(8-14)25-13-26-20(16)22/h2-5,8-9,12-13,18H,6-7,10-11H2,1H3,(H,23,24)(H2,22,25,26)/b5-3+. The highest BCUT2D eigenvalue weighted by Gasteiger charge is 2.36. The number of carbonyl (C=O) groups is 2. The lowest BCUT2D eigenvalue weighted by Gasteiger charge is -2.40. The summed E-state index contributed by atoms with van der Waals surface area (Å²) in [5.41, 5.74) is 8.25. The molecule has 3 heterocycles. The topological polar surface area (TPSA) is 130 Å². The van der Waals surface area contributed by atoms with Crippen LogP contribution in [0.5, 0.6) is 0 Å². The first-order valence-electron chi connectivity index (χ1n) is 9.80. The van der Waals surface area contributed by atoms with Crippen LogP contribution in [-0.4, -0.2) is 74.4 Å². The molecular weight excluding hydrogens is 398 g/mol. The van der Waals surface area contributed by atoms with E-state index in [0.29, 0.717) is 31.1 Å². The number of carbonyl (C=O) groups excluding carboxylic acids is 2. The molecule has 1 aliphatic heterocycles. The number of anilines is 1. The fourth-order valence-electron chi connectivity index (χ4n) is 3.64. The van der Waals surface area contributed by atoms with Gasteiger partial charge in [-0.3, -0.25) is 9.59 Å². The number of hydrogen-bond acceptors (Lipinski definition) is 7. The lowest BCUT2D eigenvalue weighted by atomic mass is 10.1. The van der Waals surface area contributed by atoms with Crippen LogP contribution in [0, 0.1) is 0 Å². The van der Waals surface area contributed by atoms with Gasteiger partial charge in [0.25, 0.3) is 0 Å². The second-order valence-electron chi connectivity index (χ2n) is 7.21. The Balaban J connectivity index is 1.49. The Hall–Kier alpha value is -3.79. The van der Waals surface area contributed by atoms with Gasteiger partial charge in [0, 0.05) is 38.2 Å². The first kappa shape index (κ1) is 20.5. The van der Waals surface area contributed by atoms with Crippen molar-refractivity contribution in [2.45, 2.75) is 12.6 Å². The van der Waals surface area contributed by atoms with Crippen molar-refractivity contribution in [2.24, 2.45) is 0 Å². The molecule has 2 aromatic heterocycles. The van der Waals surface area contributed by atoms with Crippen LogP contribution in [0.4, 0.5) is 5.82 Å². The normalized spacial score (nSPS) is 17.1. The number of nitrogens with zero attached hydrogens (tertiary/aromatic N) is 5. The lowest BCUT2D eigenvalue weighted by molar-refractivity contribution is -0.152. The summed E-state index contributed by atoms with van der Waals surface area (Å²) in [7, 11) is 1.52. The van der Waals surface area contributed by atoms with E-state index in [-0.39, 0.29) is 18.4 Å². The van der Waals surface area contributed by atoms with E-state index < -0.39 is 6.04 Å². The number of H-pyrrole nitrogens is 1. The van der Waals surface area contributed by atoms with Crippen LogP contribution in [-0.2, 0) is 20.9 Å². The molecule has 31 heavy (non-hydrogen) atoms. The summed E-state index contributed by atoms with van der Waals surface area (Å²) in [6.07, 6.45) is 7.64. The molecule has 1 aromatic carbocycles. The maximum absolute atomic E-state index is 13.2. The highest BCUT2D eigenvalue weighted by molar-refractivity contribution is 5.96. The Bertz CT molecular complexity index is 1110. The lowest BCUT2D eigenvalue weighted by Crippen LogP contribution is -2.59. The first-order chi connectivity index (χ1) is 15.1. The molecule has 1 fully saturated rings. The Labute approximate surface area is 178 Å². The zero-order valence-electron chi connectivity index (χ0n) is 17.1. The fourth-order valence-corrected chi connectivity index (χ4v) is 3.64. The molecule has 10 nitrogen and oxygen atoms in total. The van der Waals surface area contributed by atoms with Crippen molar-refractivity contribution >= 4 is 34.6 Å². The fraction of sp³-hybridized carbons (Fsp3) is 0.286. The molecule has 3 aromatic rings. The second-order valence-corrected chi connectivity index (χ2v) is 7.21. The van der Waals surface area contributed by atoms with Gasteiger partial charge in [-0.25, -0.2) is 15.0 Å². The molecular formula is C21H23N7O3. The third-order valence-corrected chi connectivity index (χ3v) is 5.22. The number of benzene rings is 1. The van der Waals surface area contributed by atoms with E-state index in [0.717, 1.165) is 16.5 Å². The number of hydrogen-bond donors (Lipinski definition) is 2. The highest BCUT2D eigenvalue weighted by atomic mass is 16.5. The molecule has 0 radical (unpaired) electrons. The van der Waals surface area contributed by atoms with Crippen LogP contribution in [0.15, 0.2) is 43.1 Å². The molecule has 1 atom stereocenters. The van der Waals surface area contributed by atoms with Crippen molar-refractivity contribution in [2.75, 3.05) is 32.5 Å². The summed E-state index contributed by atoms with van der Waals surface area (Å²) < 4.78 is 5.24. The van der Waals surface area contributed by atoms with E-state index in [4.69, 9.17) is 10.5 Å². The summed E-state index contributed by atoms with van der Waals surface area (Å²) in [5, 5.41) is 0.773. The molecule has 0 spiro atoms. The Morgan fingerprint density at radius 2 is 2.23 bits per heavy atom. The maximum atomic E-state index is 13.2. The molecule has 0 aliphatic carbocycles. The summed E-state index contributed by atoms with van der Waals surface area (Å²) in [6, 6.07) is 4.98. The molecule has 1 unspecified atom stereocenters. The summed E-state index contributed by atoms with van der Waals surface area (Å²) >= 11 is 0. The number of aromatic nitrogens is 4. The van der Waals surface area contributed by atoms with Gasteiger partial charge >= 0.3 is 0 Å². The molecule has 0 saturated carbocycles. The van der Waals surface area contributed by atoms with Crippen LogP contribution in [0.25, 0.3) is 17.0 Å². The predicted octanol–water partition coefficient (Wildman–Crippen LogP) is 0.834. The Morgan fingerprint density at radius 1 is 1.35 bits per heavy atom. The van der Waals surface area contributed by atoms with E-state index in [9.17, 15) is 9.59 Å². The molecule has 3 N–H and O–H groups in total. The minimum absolute atomic E-state index is 0.125. The Morgan fingerprint density at radius 3 is 3.00 bits per heavy atom. The number of amides is 2. The SMILES string of the molecule is COCC1C(=O)N(Cc2ccc3c(N)ncnc3c2)CCN1C(=O)/C=C/c1cnc[nH]1. The first-order valence-corrected chi connectivity index (χ1v) is 9.80. The van der Waals surface area contributed by atoms with Gasteiger partial charge in [-0.05, 0) is 23.8 Å². The van der Waals surface area contributed by atoms with Gasteiger partial charge in [0.15, 0.2) is 0 Å². The average Bonchev–Trinajstić information content (AvgIpc) is 3.29. The van der Waals surface area contributed by atoms with Crippen molar-refractivity contribution in [3.8, 4) is 0 Å². The Kier molecular flexibility index (Phi) is 5.89. The third kappa shape index (κ3) is 4.38. The maximum Gasteiger partial charge on any atom is 0.248 e. The van der Waals surface area contributed by atoms with Crippen molar-refractivity contribution in [1.29, 1.82) is 0 Å². The van der Waals surface area contributed by atoms with Crippen LogP contribution in [0.1, 0.15) is 11.3 Å². The van der Waals surface area contributed by atoms with E-state index in [2.05, 4.69) is 19.9 Å². The predicted molar refractivity (Wildman–Crippen MR) is 114 cm³/mol. The molecule has 10 heteroatoms. The van der Waals surface area contributed by atoms with Gasteiger partial charge < -0.3 is 25.3 Å². The molecule has 0 bridgehead atoms. The van der Waals surface area contributed by atoms with E-state index in [1.165, 1.54) is 25.8 Å². The summed E-state index contributed by atoms with van der Waals surface area (Å²) in [4.78, 5) is 44.2. The second kappa shape index (κ2) is 8.92. The number of nitrogens with one attached hydrogen (secondary N) is 1. The number of methoxy groups -OCH3 is 1. The minimum Gasteiger partial charge on any atom is -0.383 e. The third-order valence-electron chi connectivity index (χ3n) is 5.22. The number of nitrogens with two attached hydrogens (primary N) is 1. The van der Waals surface area contributed by atoms with Crippen molar-refractivity contribution in [3.05, 3.63) is 54.4 Å². The van der Waals surface area contributed by atoms with Gasteiger partial charge in [-0.1, -0.05) is 6.07 Å². The number of piperazine rings is 1. The van der Waals surface area contributed by atoms with Gasteiger partial charge in [0.2, 0.25) is 11.8 Å². The van der Waals surface area contributed by atoms with Gasteiger partial charge in [0.05, 0.1) is 30.3 Å². The van der Waals surface area contributed by atoms with Crippen LogP contribution in [0.3, 0.4) is 0 Å². The van der Waals surface area contributed by atoms with E-state index in [1.807, 2.05) is 18.2 Å².